The molecule has 0 spiro atoms. The van der Waals surface area contributed by atoms with Crippen molar-refractivity contribution in [1.29, 1.82) is 0 Å². The summed E-state index contributed by atoms with van der Waals surface area (Å²) in [6.07, 6.45) is 1.38. The summed E-state index contributed by atoms with van der Waals surface area (Å²) in [4.78, 5) is 25.2. The zero-order chi connectivity index (χ0) is 19.4. The van der Waals surface area contributed by atoms with Crippen LogP contribution in [0.15, 0.2) is 48.5 Å². The summed E-state index contributed by atoms with van der Waals surface area (Å²) in [5, 5.41) is 0. The van der Waals surface area contributed by atoms with E-state index in [1.165, 1.54) is 22.3 Å². The van der Waals surface area contributed by atoms with Crippen molar-refractivity contribution in [2.45, 2.75) is 46.0 Å². The van der Waals surface area contributed by atoms with E-state index in [0.717, 1.165) is 0 Å². The van der Waals surface area contributed by atoms with Crippen LogP contribution < -0.4 is 0 Å². The molecule has 1 aliphatic carbocycles. The Balaban J connectivity index is 1.78. The molecule has 27 heavy (non-hydrogen) atoms. The lowest BCUT2D eigenvalue weighted by atomic mass is 9.86. The van der Waals surface area contributed by atoms with Gasteiger partial charge in [0.2, 0.25) is 0 Å². The zero-order valence-electron chi connectivity index (χ0n) is 16.4. The summed E-state index contributed by atoms with van der Waals surface area (Å²) < 4.78 is 5.20. The Hall–Kier alpha value is -2.42. The molecule has 2 aromatic carbocycles. The molecule has 3 heteroatoms. The molecule has 142 valence electrons. The van der Waals surface area contributed by atoms with E-state index < -0.39 is 0 Å². The quantitative estimate of drug-likeness (QED) is 0.591. The highest BCUT2D eigenvalue weighted by atomic mass is 16.5. The van der Waals surface area contributed by atoms with Crippen LogP contribution in [0.1, 0.15) is 57.1 Å². The highest BCUT2D eigenvalue weighted by Crippen LogP contribution is 2.46. The van der Waals surface area contributed by atoms with Gasteiger partial charge in [-0.25, -0.2) is 0 Å². The molecular formula is C24H28O3. The van der Waals surface area contributed by atoms with E-state index in [4.69, 9.17) is 4.74 Å². The van der Waals surface area contributed by atoms with Crippen molar-refractivity contribution in [3.8, 4) is 11.1 Å². The number of Topliss-reactive ketones (excluding diaryl/α,β-unsaturated/α-hetero) is 1. The molecule has 0 amide bonds. The first kappa shape index (κ1) is 19.3. The average molecular weight is 364 g/mol. The Kier molecular flexibility index (Phi) is 6.10. The second-order valence-electron chi connectivity index (χ2n) is 7.75. The first-order chi connectivity index (χ1) is 13.0. The van der Waals surface area contributed by atoms with E-state index in [-0.39, 0.29) is 30.0 Å². The van der Waals surface area contributed by atoms with Crippen LogP contribution in [0.3, 0.4) is 0 Å². The van der Waals surface area contributed by atoms with Crippen LogP contribution in [-0.2, 0) is 14.3 Å². The largest absolute Gasteiger partial charge is 0.466 e. The summed E-state index contributed by atoms with van der Waals surface area (Å²) in [5.74, 6) is -0.0340. The molecule has 2 aromatic rings. The number of ketones is 1. The van der Waals surface area contributed by atoms with E-state index >= 15 is 0 Å². The Labute approximate surface area is 161 Å². The highest BCUT2D eigenvalue weighted by Gasteiger charge is 2.31. The van der Waals surface area contributed by atoms with Gasteiger partial charge in [0.25, 0.3) is 0 Å². The Morgan fingerprint density at radius 1 is 0.963 bits per heavy atom. The Morgan fingerprint density at radius 3 is 2.04 bits per heavy atom. The molecule has 0 saturated heterocycles. The van der Waals surface area contributed by atoms with Gasteiger partial charge < -0.3 is 4.74 Å². The third-order valence-electron chi connectivity index (χ3n) is 5.24. The predicted octanol–water partition coefficient (Wildman–Crippen LogP) is 5.37. The number of hydrogen-bond acceptors (Lipinski definition) is 3. The third kappa shape index (κ3) is 4.29. The number of ether oxygens (including phenoxy) is 1. The lowest BCUT2D eigenvalue weighted by Crippen LogP contribution is -2.23. The van der Waals surface area contributed by atoms with Gasteiger partial charge >= 0.3 is 5.97 Å². The monoisotopic (exact) mass is 364 g/mol. The minimum Gasteiger partial charge on any atom is -0.466 e. The molecule has 0 unspecified atom stereocenters. The SMILES string of the molecule is CCOC(=O)[C@@H](CC(=O)CC1c2ccccc2-c2ccccc21)CC(C)C. The van der Waals surface area contributed by atoms with Gasteiger partial charge in [-0.05, 0) is 41.5 Å². The van der Waals surface area contributed by atoms with E-state index in [1.54, 1.807) is 6.92 Å². The highest BCUT2D eigenvalue weighted by molar-refractivity contribution is 5.88. The summed E-state index contributed by atoms with van der Waals surface area (Å²) in [6, 6.07) is 16.6. The molecule has 3 nitrogen and oxygen atoms in total. The van der Waals surface area contributed by atoms with Crippen molar-refractivity contribution < 1.29 is 14.3 Å². The molecule has 0 fully saturated rings. The third-order valence-corrected chi connectivity index (χ3v) is 5.24. The van der Waals surface area contributed by atoms with Gasteiger partial charge in [0, 0.05) is 18.8 Å². The molecule has 0 bridgehead atoms. The number of rotatable bonds is 8. The van der Waals surface area contributed by atoms with Crippen LogP contribution in [0.5, 0.6) is 0 Å². The number of carbonyl (C=O) groups is 2. The van der Waals surface area contributed by atoms with Gasteiger partial charge in [-0.3, -0.25) is 9.59 Å². The zero-order valence-corrected chi connectivity index (χ0v) is 16.4. The fourth-order valence-electron chi connectivity index (χ4n) is 4.16. The van der Waals surface area contributed by atoms with Crippen molar-refractivity contribution in [1.82, 2.24) is 0 Å². The van der Waals surface area contributed by atoms with Crippen molar-refractivity contribution in [3.05, 3.63) is 59.7 Å². The molecule has 1 atom stereocenters. The van der Waals surface area contributed by atoms with E-state index in [2.05, 4.69) is 38.1 Å². The number of hydrogen-bond donors (Lipinski definition) is 0. The van der Waals surface area contributed by atoms with Gasteiger partial charge in [-0.2, -0.15) is 0 Å². The predicted molar refractivity (Wildman–Crippen MR) is 108 cm³/mol. The number of fused-ring (bicyclic) bond motifs is 3. The summed E-state index contributed by atoms with van der Waals surface area (Å²) in [5.41, 5.74) is 4.86. The van der Waals surface area contributed by atoms with Gasteiger partial charge in [0.1, 0.15) is 5.78 Å². The standard InChI is InChI=1S/C24H28O3/c1-4-27-24(26)17(13-16(2)3)14-18(25)15-23-21-11-7-5-9-19(21)20-10-6-8-12-22(20)23/h5-12,16-17,23H,4,13-15H2,1-3H3/t17-/m1/s1. The van der Waals surface area contributed by atoms with Crippen LogP contribution in [-0.4, -0.2) is 18.4 Å². The van der Waals surface area contributed by atoms with Crippen LogP contribution in [0, 0.1) is 11.8 Å². The average Bonchev–Trinajstić information content (AvgIpc) is 2.95. The minimum absolute atomic E-state index is 0.0757. The van der Waals surface area contributed by atoms with E-state index in [0.29, 0.717) is 25.4 Å². The molecule has 0 aliphatic heterocycles. The first-order valence-corrected chi connectivity index (χ1v) is 9.87. The van der Waals surface area contributed by atoms with Crippen molar-refractivity contribution >= 4 is 11.8 Å². The molecule has 0 saturated carbocycles. The maximum atomic E-state index is 12.9. The summed E-state index contributed by atoms with van der Waals surface area (Å²) >= 11 is 0. The fourth-order valence-corrected chi connectivity index (χ4v) is 4.16. The Bertz CT molecular complexity index is 776. The molecule has 0 heterocycles. The molecular weight excluding hydrogens is 336 g/mol. The fraction of sp³-hybridized carbons (Fsp3) is 0.417. The minimum atomic E-state index is -0.343. The molecule has 0 radical (unpaired) electrons. The number of carbonyl (C=O) groups excluding carboxylic acids is 2. The van der Waals surface area contributed by atoms with Crippen LogP contribution in [0.25, 0.3) is 11.1 Å². The van der Waals surface area contributed by atoms with Gasteiger partial charge in [-0.15, -0.1) is 0 Å². The Morgan fingerprint density at radius 2 is 1.52 bits per heavy atom. The van der Waals surface area contributed by atoms with Crippen LogP contribution in [0.4, 0.5) is 0 Å². The van der Waals surface area contributed by atoms with E-state index in [1.807, 2.05) is 24.3 Å². The lowest BCUT2D eigenvalue weighted by molar-refractivity contribution is -0.150. The molecule has 1 aliphatic rings. The van der Waals surface area contributed by atoms with Crippen LogP contribution >= 0.6 is 0 Å². The van der Waals surface area contributed by atoms with Crippen molar-refractivity contribution in [2.24, 2.45) is 11.8 Å². The molecule has 0 aromatic heterocycles. The second-order valence-corrected chi connectivity index (χ2v) is 7.75. The van der Waals surface area contributed by atoms with Gasteiger partial charge in [0.05, 0.1) is 12.5 Å². The lowest BCUT2D eigenvalue weighted by Gasteiger charge is -2.18. The first-order valence-electron chi connectivity index (χ1n) is 9.87. The van der Waals surface area contributed by atoms with E-state index in [9.17, 15) is 9.59 Å². The topological polar surface area (TPSA) is 43.4 Å². The number of esters is 1. The smallest absolute Gasteiger partial charge is 0.309 e. The van der Waals surface area contributed by atoms with Gasteiger partial charge in [-0.1, -0.05) is 62.4 Å². The molecule has 0 N–H and O–H groups in total. The van der Waals surface area contributed by atoms with Crippen molar-refractivity contribution in [3.63, 3.8) is 0 Å². The van der Waals surface area contributed by atoms with Crippen LogP contribution in [0.2, 0.25) is 0 Å². The summed E-state index contributed by atoms with van der Waals surface area (Å²) in [7, 11) is 0. The van der Waals surface area contributed by atoms with Crippen molar-refractivity contribution in [2.75, 3.05) is 6.61 Å². The maximum absolute atomic E-state index is 12.9. The number of benzene rings is 2. The normalized spacial score (nSPS) is 13.9. The second kappa shape index (κ2) is 8.51. The summed E-state index contributed by atoms with van der Waals surface area (Å²) in [6.45, 7) is 6.30. The van der Waals surface area contributed by atoms with Gasteiger partial charge in [0.15, 0.2) is 0 Å². The maximum Gasteiger partial charge on any atom is 0.309 e. The molecule has 3 rings (SSSR count).